The summed E-state index contributed by atoms with van der Waals surface area (Å²) in [6.07, 6.45) is 2.83. The number of hydrogen-bond donors (Lipinski definition) is 0. The maximum atomic E-state index is 13.2. The molecular weight excluding hydrogens is 364 g/mol. The van der Waals surface area contributed by atoms with Crippen LogP contribution in [0.4, 0.5) is 5.69 Å². The van der Waals surface area contributed by atoms with Gasteiger partial charge in [-0.1, -0.05) is 13.8 Å². The van der Waals surface area contributed by atoms with Crippen LogP contribution in [0.15, 0.2) is 24.3 Å². The highest BCUT2D eigenvalue weighted by Crippen LogP contribution is 2.70. The molecule has 4 fully saturated rings. The topological polar surface area (TPSA) is 66.7 Å². The second kappa shape index (κ2) is 5.19. The molecule has 1 amide bonds. The Bertz CT molecular complexity index is 910. The number of ether oxygens (including phenoxy) is 1. The number of fused-ring (bicyclic) bond motifs is 1. The molecule has 1 aromatic rings. The number of nitrogens with zero attached hydrogens (tertiary/aromatic N) is 2. The Hall–Kier alpha value is -1.76. The number of anilines is 1. The fourth-order valence-electron chi connectivity index (χ4n) is 6.14. The van der Waals surface area contributed by atoms with Gasteiger partial charge >= 0.3 is 0 Å². The number of methoxy groups -OCH3 is 1. The van der Waals surface area contributed by atoms with Crippen molar-refractivity contribution in [3.05, 3.63) is 24.3 Å². The molecule has 0 aromatic heterocycles. The number of amides is 1. The van der Waals surface area contributed by atoms with Crippen molar-refractivity contribution in [3.8, 4) is 5.75 Å². The van der Waals surface area contributed by atoms with Gasteiger partial charge in [-0.25, -0.2) is 12.7 Å². The van der Waals surface area contributed by atoms with Crippen molar-refractivity contribution in [2.24, 2.45) is 16.7 Å². The summed E-state index contributed by atoms with van der Waals surface area (Å²) >= 11 is 0. The van der Waals surface area contributed by atoms with E-state index in [0.29, 0.717) is 12.5 Å². The van der Waals surface area contributed by atoms with Crippen molar-refractivity contribution in [2.45, 2.75) is 45.2 Å². The minimum atomic E-state index is -3.54. The molecule has 1 aromatic carbocycles. The number of benzene rings is 1. The van der Waals surface area contributed by atoms with Gasteiger partial charge in [0.25, 0.3) is 5.91 Å². The molecule has 0 N–H and O–H groups in total. The predicted molar refractivity (Wildman–Crippen MR) is 102 cm³/mol. The Balaban J connectivity index is 1.41. The summed E-state index contributed by atoms with van der Waals surface area (Å²) in [7, 11) is -1.93. The van der Waals surface area contributed by atoms with Gasteiger partial charge in [0.15, 0.2) is 0 Å². The summed E-state index contributed by atoms with van der Waals surface area (Å²) in [4.78, 5) is 15.2. The van der Waals surface area contributed by atoms with Gasteiger partial charge in [0.05, 0.1) is 18.9 Å². The van der Waals surface area contributed by atoms with E-state index in [1.807, 2.05) is 29.2 Å². The average molecular weight is 391 g/mol. The highest BCUT2D eigenvalue weighted by atomic mass is 32.2. The molecule has 2 aliphatic heterocycles. The van der Waals surface area contributed by atoms with Crippen molar-refractivity contribution in [1.29, 1.82) is 0 Å². The maximum absolute atomic E-state index is 13.2. The van der Waals surface area contributed by atoms with Gasteiger partial charge in [-0.3, -0.25) is 4.79 Å². The number of carbonyl (C=O) groups excluding carboxylic acids is 1. The number of sulfonamides is 1. The van der Waals surface area contributed by atoms with E-state index in [0.717, 1.165) is 30.7 Å². The Labute approximate surface area is 160 Å². The summed E-state index contributed by atoms with van der Waals surface area (Å²) in [5.74, 6) is 1.17. The quantitative estimate of drug-likeness (QED) is 0.741. The smallest absolute Gasteiger partial charge is 0.260 e. The standard InChI is InChI=1S/C20H26N2O4S/c1-19(2)13-8-9-20(19)12-27(24,25)22(17(20)10-13)18(23)16-11-21(16)14-4-6-15(26-3)7-5-14/h4-7,13,16-17H,8-12H2,1-3H3/t13-,16?,17-,20-,21?/m0/s1. The van der Waals surface area contributed by atoms with Gasteiger partial charge in [-0.05, 0) is 54.9 Å². The third-order valence-electron chi connectivity index (χ3n) is 7.93. The van der Waals surface area contributed by atoms with E-state index in [9.17, 15) is 13.2 Å². The third-order valence-corrected chi connectivity index (χ3v) is 9.84. The van der Waals surface area contributed by atoms with Crippen LogP contribution in [0.5, 0.6) is 5.75 Å². The molecule has 7 heteroatoms. The van der Waals surface area contributed by atoms with E-state index in [4.69, 9.17) is 4.74 Å². The molecule has 5 rings (SSSR count). The van der Waals surface area contributed by atoms with Gasteiger partial charge < -0.3 is 9.64 Å². The fourth-order valence-corrected chi connectivity index (χ4v) is 8.71. The predicted octanol–water partition coefficient (Wildman–Crippen LogP) is 2.25. The lowest BCUT2D eigenvalue weighted by Crippen LogP contribution is -2.46. The lowest BCUT2D eigenvalue weighted by atomic mass is 9.69. The first-order chi connectivity index (χ1) is 12.7. The highest BCUT2D eigenvalue weighted by molar-refractivity contribution is 7.90. The average Bonchev–Trinajstić information content (AvgIpc) is 3.29. The molecule has 2 saturated heterocycles. The van der Waals surface area contributed by atoms with E-state index < -0.39 is 10.0 Å². The molecule has 0 radical (unpaired) electrons. The maximum Gasteiger partial charge on any atom is 0.260 e. The monoisotopic (exact) mass is 390 g/mol. The van der Waals surface area contributed by atoms with Crippen LogP contribution in [0.25, 0.3) is 0 Å². The molecule has 6 nitrogen and oxygen atoms in total. The zero-order valence-electron chi connectivity index (χ0n) is 16.0. The van der Waals surface area contributed by atoms with Crippen molar-refractivity contribution in [3.63, 3.8) is 0 Å². The minimum Gasteiger partial charge on any atom is -0.497 e. The molecular formula is C20H26N2O4S. The first-order valence-corrected chi connectivity index (χ1v) is 11.3. The van der Waals surface area contributed by atoms with Gasteiger partial charge in [0.1, 0.15) is 11.8 Å². The highest BCUT2D eigenvalue weighted by Gasteiger charge is 2.73. The summed E-state index contributed by atoms with van der Waals surface area (Å²) in [5.41, 5.74) is 0.652. The Morgan fingerprint density at radius 1 is 1.22 bits per heavy atom. The van der Waals surface area contributed by atoms with Gasteiger partial charge in [0, 0.05) is 17.6 Å². The van der Waals surface area contributed by atoms with Crippen LogP contribution in [0.3, 0.4) is 0 Å². The molecule has 2 heterocycles. The van der Waals surface area contributed by atoms with Crippen LogP contribution in [0.1, 0.15) is 33.1 Å². The fraction of sp³-hybridized carbons (Fsp3) is 0.650. The van der Waals surface area contributed by atoms with Gasteiger partial charge in [-0.15, -0.1) is 0 Å². The number of carbonyl (C=O) groups is 1. The summed E-state index contributed by atoms with van der Waals surface area (Å²) in [6.45, 7) is 4.98. The Kier molecular flexibility index (Phi) is 3.33. The van der Waals surface area contributed by atoms with Crippen LogP contribution in [-0.4, -0.2) is 50.1 Å². The first-order valence-electron chi connectivity index (χ1n) is 9.68. The third kappa shape index (κ3) is 2.12. The van der Waals surface area contributed by atoms with Crippen LogP contribution < -0.4 is 9.64 Å². The lowest BCUT2D eigenvalue weighted by molar-refractivity contribution is -0.128. The Morgan fingerprint density at radius 3 is 2.56 bits per heavy atom. The minimum absolute atomic E-state index is 0.0149. The molecule has 4 atom stereocenters. The second-order valence-electron chi connectivity index (χ2n) is 9.12. The molecule has 2 saturated carbocycles. The van der Waals surface area contributed by atoms with E-state index in [1.165, 1.54) is 4.31 Å². The van der Waals surface area contributed by atoms with Crippen LogP contribution in [-0.2, 0) is 14.8 Å². The Morgan fingerprint density at radius 2 is 1.93 bits per heavy atom. The zero-order valence-corrected chi connectivity index (χ0v) is 16.8. The van der Waals surface area contributed by atoms with Crippen molar-refractivity contribution in [1.82, 2.24) is 4.31 Å². The second-order valence-corrected chi connectivity index (χ2v) is 11.0. The van der Waals surface area contributed by atoms with Crippen LogP contribution in [0.2, 0.25) is 0 Å². The van der Waals surface area contributed by atoms with Crippen molar-refractivity contribution >= 4 is 21.6 Å². The van der Waals surface area contributed by atoms with E-state index in [-0.39, 0.29) is 34.6 Å². The summed E-state index contributed by atoms with van der Waals surface area (Å²) in [5, 5.41) is 0. The molecule has 2 aliphatic carbocycles. The van der Waals surface area contributed by atoms with Crippen molar-refractivity contribution in [2.75, 3.05) is 24.3 Å². The van der Waals surface area contributed by atoms with Crippen LogP contribution in [0, 0.1) is 16.7 Å². The largest absolute Gasteiger partial charge is 0.497 e. The zero-order chi connectivity index (χ0) is 19.2. The normalized spacial score (nSPS) is 37.4. The molecule has 146 valence electrons. The first kappa shape index (κ1) is 17.3. The summed E-state index contributed by atoms with van der Waals surface area (Å²) < 4.78 is 32.5. The molecule has 2 bridgehead atoms. The molecule has 4 aliphatic rings. The SMILES string of the molecule is COc1ccc(N2CC2C(=O)N2[C@H]3C[C@@H]4CC[C@@]3(CS2(=O)=O)C4(C)C)cc1. The molecule has 1 spiro atoms. The number of rotatable bonds is 3. The number of hydrogen-bond acceptors (Lipinski definition) is 5. The molecule has 1 unspecified atom stereocenters. The van der Waals surface area contributed by atoms with Crippen LogP contribution >= 0.6 is 0 Å². The van der Waals surface area contributed by atoms with E-state index in [2.05, 4.69) is 13.8 Å². The molecule has 27 heavy (non-hydrogen) atoms. The van der Waals surface area contributed by atoms with Crippen molar-refractivity contribution < 1.29 is 17.9 Å². The van der Waals surface area contributed by atoms with Gasteiger partial charge in [0.2, 0.25) is 10.0 Å². The van der Waals surface area contributed by atoms with E-state index in [1.54, 1.807) is 7.11 Å². The summed E-state index contributed by atoms with van der Waals surface area (Å²) in [6, 6.07) is 7.01. The van der Waals surface area contributed by atoms with Gasteiger partial charge in [-0.2, -0.15) is 0 Å². The lowest BCUT2D eigenvalue weighted by Gasteiger charge is -2.37. The van der Waals surface area contributed by atoms with E-state index >= 15 is 0 Å².